The second-order valence-electron chi connectivity index (χ2n) is 4.09. The molecule has 0 bridgehead atoms. The molecule has 0 heterocycles. The molecule has 0 aliphatic carbocycles. The van der Waals surface area contributed by atoms with Crippen LogP contribution < -0.4 is 10.6 Å². The lowest BCUT2D eigenvalue weighted by molar-refractivity contribution is 0.0990. The van der Waals surface area contributed by atoms with Crippen LogP contribution in [0.5, 0.6) is 5.75 Å². The lowest BCUT2D eigenvalue weighted by Gasteiger charge is -2.18. The van der Waals surface area contributed by atoms with Crippen molar-refractivity contribution in [3.63, 3.8) is 0 Å². The first-order valence-electron chi connectivity index (χ1n) is 5.62. The van der Waals surface area contributed by atoms with E-state index < -0.39 is 11.7 Å². The highest BCUT2D eigenvalue weighted by molar-refractivity contribution is 6.08. The van der Waals surface area contributed by atoms with Gasteiger partial charge in [-0.05, 0) is 30.3 Å². The largest absolute Gasteiger partial charge is 0.505 e. The van der Waals surface area contributed by atoms with E-state index in [1.807, 2.05) is 0 Å². The molecule has 0 aliphatic rings. The Balaban J connectivity index is 2.36. The molecule has 0 saturated carbocycles. The fourth-order valence-electron chi connectivity index (χ4n) is 1.72. The fraction of sp³-hybridized carbons (Fsp3) is 0.0714. The smallest absolute Gasteiger partial charge is 0.261 e. The molecule has 3 N–H and O–H groups in total. The van der Waals surface area contributed by atoms with E-state index in [1.165, 1.54) is 42.3 Å². The minimum atomic E-state index is -0.463. The quantitative estimate of drug-likeness (QED) is 0.643. The first-order chi connectivity index (χ1) is 9.00. The zero-order valence-corrected chi connectivity index (χ0v) is 10.3. The zero-order chi connectivity index (χ0) is 14.0. The molecule has 0 aromatic heterocycles. The number of rotatable bonds is 2. The highest BCUT2D eigenvalue weighted by Gasteiger charge is 2.18. The van der Waals surface area contributed by atoms with Crippen LogP contribution in [0.3, 0.4) is 0 Å². The van der Waals surface area contributed by atoms with Gasteiger partial charge in [-0.25, -0.2) is 4.39 Å². The minimum Gasteiger partial charge on any atom is -0.505 e. The molecule has 2 aromatic rings. The monoisotopic (exact) mass is 260 g/mol. The van der Waals surface area contributed by atoms with Crippen molar-refractivity contribution >= 4 is 17.3 Å². The number of phenolic OH excluding ortho intramolecular Hbond substituents is 1. The van der Waals surface area contributed by atoms with Gasteiger partial charge in [0.25, 0.3) is 5.91 Å². The van der Waals surface area contributed by atoms with Gasteiger partial charge in [0.05, 0.1) is 11.3 Å². The van der Waals surface area contributed by atoms with Crippen molar-refractivity contribution < 1.29 is 14.3 Å². The first-order valence-corrected chi connectivity index (χ1v) is 5.62. The number of anilines is 2. The predicted molar refractivity (Wildman–Crippen MR) is 71.7 cm³/mol. The summed E-state index contributed by atoms with van der Waals surface area (Å²) in [6, 6.07) is 10.2. The summed E-state index contributed by atoms with van der Waals surface area (Å²) in [5.74, 6) is -1.17. The Morgan fingerprint density at radius 2 is 1.95 bits per heavy atom. The number of carbonyl (C=O) groups excluding carboxylic acids is 1. The molecular weight excluding hydrogens is 247 g/mol. The number of nitrogens with zero attached hydrogens (tertiary/aromatic N) is 1. The summed E-state index contributed by atoms with van der Waals surface area (Å²) < 4.78 is 13.1. The highest BCUT2D eigenvalue weighted by atomic mass is 19.1. The summed E-state index contributed by atoms with van der Waals surface area (Å²) in [5.41, 5.74) is 6.14. The third-order valence-electron chi connectivity index (χ3n) is 2.80. The Hall–Kier alpha value is -2.56. The number of para-hydroxylation sites is 1. The van der Waals surface area contributed by atoms with E-state index in [9.17, 15) is 14.3 Å². The molecular formula is C14H13FN2O2. The van der Waals surface area contributed by atoms with Gasteiger partial charge in [0.2, 0.25) is 0 Å². The fourth-order valence-corrected chi connectivity index (χ4v) is 1.72. The van der Waals surface area contributed by atoms with Gasteiger partial charge in [0, 0.05) is 12.7 Å². The lowest BCUT2D eigenvalue weighted by Crippen LogP contribution is -2.26. The molecule has 0 atom stereocenters. The molecule has 4 nitrogen and oxygen atoms in total. The third kappa shape index (κ3) is 2.49. The Kier molecular flexibility index (Phi) is 3.37. The van der Waals surface area contributed by atoms with Crippen LogP contribution in [0.25, 0.3) is 0 Å². The van der Waals surface area contributed by atoms with E-state index in [0.29, 0.717) is 5.69 Å². The standard InChI is InChI=1S/C14H13FN2O2/c1-17(10-5-2-4-9(15)8-10)14(19)11-6-3-7-12(16)13(11)18/h2-8,18H,16H2,1H3. The van der Waals surface area contributed by atoms with Crippen LogP contribution in [0.2, 0.25) is 0 Å². The Bertz CT molecular complexity index is 629. The van der Waals surface area contributed by atoms with Crippen LogP contribution in [0, 0.1) is 5.82 Å². The molecule has 0 spiro atoms. The number of hydrogen-bond acceptors (Lipinski definition) is 3. The number of nitrogen functional groups attached to an aromatic ring is 1. The van der Waals surface area contributed by atoms with E-state index in [2.05, 4.69) is 0 Å². The van der Waals surface area contributed by atoms with Gasteiger partial charge in [-0.2, -0.15) is 0 Å². The van der Waals surface area contributed by atoms with Gasteiger partial charge in [-0.15, -0.1) is 0 Å². The van der Waals surface area contributed by atoms with Gasteiger partial charge in [-0.1, -0.05) is 12.1 Å². The summed E-state index contributed by atoms with van der Waals surface area (Å²) in [4.78, 5) is 13.5. The van der Waals surface area contributed by atoms with Crippen LogP contribution in [-0.4, -0.2) is 18.1 Å². The molecule has 1 amide bonds. The van der Waals surface area contributed by atoms with Crippen molar-refractivity contribution in [1.82, 2.24) is 0 Å². The molecule has 0 fully saturated rings. The molecule has 0 radical (unpaired) electrons. The van der Waals surface area contributed by atoms with Crippen molar-refractivity contribution in [2.75, 3.05) is 17.7 Å². The van der Waals surface area contributed by atoms with Crippen molar-refractivity contribution in [1.29, 1.82) is 0 Å². The second kappa shape index (κ2) is 4.97. The number of benzene rings is 2. The maximum absolute atomic E-state index is 13.1. The molecule has 0 aliphatic heterocycles. The van der Waals surface area contributed by atoms with Gasteiger partial charge in [0.1, 0.15) is 5.82 Å². The van der Waals surface area contributed by atoms with Crippen LogP contribution in [0.1, 0.15) is 10.4 Å². The number of carbonyl (C=O) groups is 1. The SMILES string of the molecule is CN(C(=O)c1cccc(N)c1O)c1cccc(F)c1. The van der Waals surface area contributed by atoms with Crippen molar-refractivity contribution in [3.8, 4) is 5.75 Å². The Morgan fingerprint density at radius 1 is 1.26 bits per heavy atom. The normalized spacial score (nSPS) is 10.2. The van der Waals surface area contributed by atoms with Gasteiger partial charge < -0.3 is 15.7 Å². The Morgan fingerprint density at radius 3 is 2.63 bits per heavy atom. The average Bonchev–Trinajstić information content (AvgIpc) is 2.40. The summed E-state index contributed by atoms with van der Waals surface area (Å²) in [6.45, 7) is 0. The molecule has 0 unspecified atom stereocenters. The topological polar surface area (TPSA) is 66.6 Å². The van der Waals surface area contributed by atoms with Crippen molar-refractivity contribution in [3.05, 3.63) is 53.8 Å². The molecule has 2 rings (SSSR count). The molecule has 19 heavy (non-hydrogen) atoms. The summed E-state index contributed by atoms with van der Waals surface area (Å²) in [7, 11) is 1.50. The van der Waals surface area contributed by atoms with E-state index in [-0.39, 0.29) is 17.0 Å². The summed E-state index contributed by atoms with van der Waals surface area (Å²) >= 11 is 0. The Labute approximate surface area is 109 Å². The zero-order valence-electron chi connectivity index (χ0n) is 10.3. The molecule has 98 valence electrons. The highest BCUT2D eigenvalue weighted by Crippen LogP contribution is 2.27. The summed E-state index contributed by atoms with van der Waals surface area (Å²) in [6.07, 6.45) is 0. The number of phenols is 1. The maximum atomic E-state index is 13.1. The number of amides is 1. The third-order valence-corrected chi connectivity index (χ3v) is 2.80. The summed E-state index contributed by atoms with van der Waals surface area (Å²) in [5, 5.41) is 9.77. The minimum absolute atomic E-state index is 0.0757. The van der Waals surface area contributed by atoms with E-state index in [1.54, 1.807) is 12.1 Å². The number of hydrogen-bond donors (Lipinski definition) is 2. The number of nitrogens with two attached hydrogens (primary N) is 1. The average molecular weight is 260 g/mol. The molecule has 2 aromatic carbocycles. The van der Waals surface area contributed by atoms with E-state index >= 15 is 0 Å². The van der Waals surface area contributed by atoms with Gasteiger partial charge in [0.15, 0.2) is 5.75 Å². The number of aromatic hydroxyl groups is 1. The molecule has 5 heteroatoms. The lowest BCUT2D eigenvalue weighted by atomic mass is 10.1. The van der Waals surface area contributed by atoms with Gasteiger partial charge >= 0.3 is 0 Å². The van der Waals surface area contributed by atoms with Gasteiger partial charge in [-0.3, -0.25) is 4.79 Å². The van der Waals surface area contributed by atoms with Crippen molar-refractivity contribution in [2.24, 2.45) is 0 Å². The van der Waals surface area contributed by atoms with Crippen LogP contribution in [0.15, 0.2) is 42.5 Å². The molecule has 0 saturated heterocycles. The van der Waals surface area contributed by atoms with Crippen LogP contribution >= 0.6 is 0 Å². The van der Waals surface area contributed by atoms with Crippen LogP contribution in [0.4, 0.5) is 15.8 Å². The van der Waals surface area contributed by atoms with Crippen molar-refractivity contribution in [2.45, 2.75) is 0 Å². The number of halogens is 1. The predicted octanol–water partition coefficient (Wildman–Crippen LogP) is 2.39. The maximum Gasteiger partial charge on any atom is 0.261 e. The van der Waals surface area contributed by atoms with E-state index in [4.69, 9.17) is 5.73 Å². The second-order valence-corrected chi connectivity index (χ2v) is 4.09. The van der Waals surface area contributed by atoms with E-state index in [0.717, 1.165) is 0 Å². The van der Waals surface area contributed by atoms with Crippen LogP contribution in [-0.2, 0) is 0 Å². The first kappa shape index (κ1) is 12.9.